The standard InChI is InChI=1S/C18H17F7N2/c1-10-6-13(16(19,17(20,21)22)18(23,24)25)7-11(2)15(10)27-9-12-4-3-5-14(26)8-12/h3-8,27H,9,26H2,1-2H3. The number of hydrogen-bond donors (Lipinski definition) is 2. The molecule has 3 N–H and O–H groups in total. The Kier molecular flexibility index (Phi) is 5.36. The Morgan fingerprint density at radius 3 is 1.81 bits per heavy atom. The van der Waals surface area contributed by atoms with Crippen molar-refractivity contribution in [3.8, 4) is 0 Å². The number of rotatable bonds is 4. The molecule has 27 heavy (non-hydrogen) atoms. The van der Waals surface area contributed by atoms with E-state index in [0.29, 0.717) is 23.5 Å². The van der Waals surface area contributed by atoms with Crippen molar-refractivity contribution in [1.29, 1.82) is 0 Å². The Labute approximate surface area is 151 Å². The molecule has 0 bridgehead atoms. The number of alkyl halides is 7. The molecule has 0 fully saturated rings. The van der Waals surface area contributed by atoms with E-state index in [1.807, 2.05) is 0 Å². The van der Waals surface area contributed by atoms with E-state index in [2.05, 4.69) is 5.32 Å². The second kappa shape index (κ2) is 6.94. The van der Waals surface area contributed by atoms with Crippen molar-refractivity contribution < 1.29 is 30.7 Å². The average molecular weight is 394 g/mol. The van der Waals surface area contributed by atoms with Crippen LogP contribution in [0.4, 0.5) is 42.1 Å². The molecule has 9 heteroatoms. The number of benzene rings is 2. The number of hydrogen-bond acceptors (Lipinski definition) is 2. The van der Waals surface area contributed by atoms with Crippen LogP contribution in [0.1, 0.15) is 22.3 Å². The van der Waals surface area contributed by atoms with Crippen molar-refractivity contribution in [3.05, 3.63) is 58.7 Å². The van der Waals surface area contributed by atoms with Gasteiger partial charge in [0.25, 0.3) is 0 Å². The molecule has 0 aliphatic rings. The third-order valence-corrected chi connectivity index (χ3v) is 4.13. The summed E-state index contributed by atoms with van der Waals surface area (Å²) in [4.78, 5) is 0. The summed E-state index contributed by atoms with van der Waals surface area (Å²) in [5, 5.41) is 2.94. The minimum atomic E-state index is -6.14. The van der Waals surface area contributed by atoms with Gasteiger partial charge in [-0.1, -0.05) is 24.3 Å². The Balaban J connectivity index is 2.41. The Bertz CT molecular complexity index is 788. The van der Waals surface area contributed by atoms with Gasteiger partial charge in [0.15, 0.2) is 0 Å². The van der Waals surface area contributed by atoms with Crippen LogP contribution in [0.3, 0.4) is 0 Å². The molecule has 0 radical (unpaired) electrons. The Morgan fingerprint density at radius 2 is 1.37 bits per heavy atom. The molecule has 2 nitrogen and oxygen atoms in total. The Morgan fingerprint density at radius 1 is 0.852 bits per heavy atom. The molecule has 0 unspecified atom stereocenters. The lowest BCUT2D eigenvalue weighted by atomic mass is 9.90. The van der Waals surface area contributed by atoms with Gasteiger partial charge in [0.2, 0.25) is 0 Å². The van der Waals surface area contributed by atoms with Gasteiger partial charge in [-0.3, -0.25) is 0 Å². The lowest BCUT2D eigenvalue weighted by Crippen LogP contribution is -2.50. The van der Waals surface area contributed by atoms with Crippen molar-refractivity contribution in [2.24, 2.45) is 0 Å². The van der Waals surface area contributed by atoms with E-state index < -0.39 is 23.6 Å². The van der Waals surface area contributed by atoms with Crippen molar-refractivity contribution in [2.45, 2.75) is 38.4 Å². The predicted molar refractivity (Wildman–Crippen MR) is 89.0 cm³/mol. The van der Waals surface area contributed by atoms with Gasteiger partial charge in [0.05, 0.1) is 0 Å². The zero-order chi connectivity index (χ0) is 20.6. The van der Waals surface area contributed by atoms with Crippen LogP contribution in [0.5, 0.6) is 0 Å². The van der Waals surface area contributed by atoms with Gasteiger partial charge in [-0.05, 0) is 42.7 Å². The van der Waals surface area contributed by atoms with Gasteiger partial charge in [-0.25, -0.2) is 4.39 Å². The normalized spacial score (nSPS) is 12.9. The van der Waals surface area contributed by atoms with Crippen molar-refractivity contribution >= 4 is 11.4 Å². The topological polar surface area (TPSA) is 38.0 Å². The largest absolute Gasteiger partial charge is 0.435 e. The number of nitrogens with one attached hydrogen (secondary N) is 1. The molecular formula is C18H17F7N2. The second-order valence-electron chi connectivity index (χ2n) is 6.24. The van der Waals surface area contributed by atoms with Crippen LogP contribution >= 0.6 is 0 Å². The molecule has 148 valence electrons. The maximum Gasteiger partial charge on any atom is 0.435 e. The number of nitrogen functional groups attached to an aromatic ring is 1. The molecule has 0 spiro atoms. The fraction of sp³-hybridized carbons (Fsp3) is 0.333. The van der Waals surface area contributed by atoms with E-state index in [1.165, 1.54) is 13.8 Å². The van der Waals surface area contributed by atoms with E-state index in [0.717, 1.165) is 5.56 Å². The first-order valence-corrected chi connectivity index (χ1v) is 7.79. The quantitative estimate of drug-likeness (QED) is 0.509. The predicted octanol–water partition coefficient (Wildman–Crippen LogP) is 5.79. The highest BCUT2D eigenvalue weighted by Gasteiger charge is 2.73. The highest BCUT2D eigenvalue weighted by atomic mass is 19.4. The molecule has 2 aromatic rings. The monoisotopic (exact) mass is 394 g/mol. The summed E-state index contributed by atoms with van der Waals surface area (Å²) in [6, 6.07) is 7.93. The van der Waals surface area contributed by atoms with E-state index in [-0.39, 0.29) is 17.7 Å². The van der Waals surface area contributed by atoms with E-state index >= 15 is 0 Å². The fourth-order valence-corrected chi connectivity index (χ4v) is 2.82. The first kappa shape index (κ1) is 20.9. The first-order chi connectivity index (χ1) is 12.3. The van der Waals surface area contributed by atoms with Crippen LogP contribution in [0.2, 0.25) is 0 Å². The van der Waals surface area contributed by atoms with Crippen molar-refractivity contribution in [3.63, 3.8) is 0 Å². The summed E-state index contributed by atoms with van der Waals surface area (Å²) in [6.07, 6.45) is -12.3. The SMILES string of the molecule is Cc1cc(C(F)(C(F)(F)F)C(F)(F)F)cc(C)c1NCc1cccc(N)c1. The lowest BCUT2D eigenvalue weighted by molar-refractivity contribution is -0.348. The third-order valence-electron chi connectivity index (χ3n) is 4.13. The third kappa shape index (κ3) is 3.96. The number of nitrogens with two attached hydrogens (primary N) is 1. The minimum absolute atomic E-state index is 0.0597. The fourth-order valence-electron chi connectivity index (χ4n) is 2.82. The summed E-state index contributed by atoms with van der Waals surface area (Å²) in [5.74, 6) is 0. The van der Waals surface area contributed by atoms with Gasteiger partial charge in [-0.2, -0.15) is 26.3 Å². The maximum absolute atomic E-state index is 14.2. The molecule has 0 atom stereocenters. The highest BCUT2D eigenvalue weighted by molar-refractivity contribution is 5.59. The van der Waals surface area contributed by atoms with Gasteiger partial charge in [0, 0.05) is 23.5 Å². The molecule has 0 aliphatic heterocycles. The van der Waals surface area contributed by atoms with E-state index in [9.17, 15) is 30.7 Å². The number of anilines is 2. The van der Waals surface area contributed by atoms with Crippen LogP contribution in [0.15, 0.2) is 36.4 Å². The van der Waals surface area contributed by atoms with Gasteiger partial charge < -0.3 is 11.1 Å². The zero-order valence-corrected chi connectivity index (χ0v) is 14.4. The van der Waals surface area contributed by atoms with Gasteiger partial charge >= 0.3 is 18.0 Å². The number of halogens is 7. The molecule has 2 aromatic carbocycles. The Hall–Kier alpha value is -2.45. The van der Waals surface area contributed by atoms with Crippen molar-refractivity contribution in [2.75, 3.05) is 11.1 Å². The molecule has 0 aliphatic carbocycles. The molecule has 0 heterocycles. The van der Waals surface area contributed by atoms with Gasteiger partial charge in [-0.15, -0.1) is 0 Å². The zero-order valence-electron chi connectivity index (χ0n) is 14.4. The second-order valence-corrected chi connectivity index (χ2v) is 6.24. The molecule has 2 rings (SSSR count). The number of aryl methyl sites for hydroxylation is 2. The minimum Gasteiger partial charge on any atom is -0.399 e. The summed E-state index contributed by atoms with van der Waals surface area (Å²) < 4.78 is 91.8. The lowest BCUT2D eigenvalue weighted by Gasteiger charge is -2.31. The molecular weight excluding hydrogens is 377 g/mol. The van der Waals surface area contributed by atoms with E-state index in [4.69, 9.17) is 5.73 Å². The molecule has 0 saturated carbocycles. The summed E-state index contributed by atoms with van der Waals surface area (Å²) >= 11 is 0. The van der Waals surface area contributed by atoms with Crippen LogP contribution in [-0.2, 0) is 12.2 Å². The first-order valence-electron chi connectivity index (χ1n) is 7.79. The van der Waals surface area contributed by atoms with Crippen LogP contribution in [0, 0.1) is 13.8 Å². The van der Waals surface area contributed by atoms with Crippen molar-refractivity contribution in [1.82, 2.24) is 0 Å². The average Bonchev–Trinajstić information content (AvgIpc) is 2.51. The maximum atomic E-state index is 14.2. The molecule has 0 saturated heterocycles. The summed E-state index contributed by atoms with van der Waals surface area (Å²) in [6.45, 7) is 2.86. The van der Waals surface area contributed by atoms with Crippen LogP contribution in [-0.4, -0.2) is 12.4 Å². The molecule has 0 aromatic heterocycles. The van der Waals surface area contributed by atoms with E-state index in [1.54, 1.807) is 24.3 Å². The van der Waals surface area contributed by atoms with Gasteiger partial charge in [0.1, 0.15) is 0 Å². The smallest absolute Gasteiger partial charge is 0.399 e. The highest BCUT2D eigenvalue weighted by Crippen LogP contribution is 2.53. The van der Waals surface area contributed by atoms with Crippen LogP contribution in [0.25, 0.3) is 0 Å². The summed E-state index contributed by atoms with van der Waals surface area (Å²) in [5.41, 5.74) is 0.441. The molecule has 0 amide bonds. The summed E-state index contributed by atoms with van der Waals surface area (Å²) in [7, 11) is 0. The van der Waals surface area contributed by atoms with Crippen LogP contribution < -0.4 is 11.1 Å².